The van der Waals surface area contributed by atoms with Gasteiger partial charge in [-0.3, -0.25) is 0 Å². The van der Waals surface area contributed by atoms with Gasteiger partial charge in [0.2, 0.25) is 5.76 Å². The fourth-order valence-corrected chi connectivity index (χ4v) is 2.03. The summed E-state index contributed by atoms with van der Waals surface area (Å²) in [6, 6.07) is 11.1. The molecule has 0 bridgehead atoms. The summed E-state index contributed by atoms with van der Waals surface area (Å²) in [6.45, 7) is 2.26. The molecule has 0 unspecified atom stereocenters. The molecule has 0 saturated heterocycles. The van der Waals surface area contributed by atoms with Crippen molar-refractivity contribution in [3.63, 3.8) is 0 Å². The van der Waals surface area contributed by atoms with Gasteiger partial charge in [0.1, 0.15) is 19.0 Å². The molecule has 0 radical (unpaired) electrons. The molecule has 0 N–H and O–H groups in total. The van der Waals surface area contributed by atoms with E-state index in [4.69, 9.17) is 13.9 Å². The summed E-state index contributed by atoms with van der Waals surface area (Å²) in [6.07, 6.45) is 0. The van der Waals surface area contributed by atoms with E-state index in [1.54, 1.807) is 13.0 Å². The van der Waals surface area contributed by atoms with Crippen molar-refractivity contribution in [1.29, 1.82) is 0 Å². The van der Waals surface area contributed by atoms with Crippen LogP contribution in [-0.4, -0.2) is 19.2 Å². The van der Waals surface area contributed by atoms with E-state index in [0.717, 1.165) is 11.3 Å². The van der Waals surface area contributed by atoms with Gasteiger partial charge in [0.15, 0.2) is 4.67 Å². The first-order valence-electron chi connectivity index (χ1n) is 5.77. The third kappa shape index (κ3) is 3.86. The summed E-state index contributed by atoms with van der Waals surface area (Å²) in [5.74, 6) is 0.474. The van der Waals surface area contributed by atoms with Crippen molar-refractivity contribution in [1.82, 2.24) is 0 Å². The predicted octanol–water partition coefficient (Wildman–Crippen LogP) is 3.59. The number of ether oxygens (including phenoxy) is 2. The largest absolute Gasteiger partial charge is 0.490 e. The van der Waals surface area contributed by atoms with Crippen molar-refractivity contribution in [3.05, 3.63) is 52.4 Å². The average Bonchev–Trinajstić information content (AvgIpc) is 2.75. The van der Waals surface area contributed by atoms with E-state index in [1.165, 1.54) is 0 Å². The first kappa shape index (κ1) is 13.7. The molecule has 0 fully saturated rings. The average molecular weight is 325 g/mol. The van der Waals surface area contributed by atoms with Crippen molar-refractivity contribution in [3.8, 4) is 5.75 Å². The van der Waals surface area contributed by atoms with Crippen molar-refractivity contribution in [2.45, 2.75) is 6.92 Å². The third-order valence-electron chi connectivity index (χ3n) is 2.40. The number of carbonyl (C=O) groups is 1. The van der Waals surface area contributed by atoms with Crippen molar-refractivity contribution in [2.75, 3.05) is 13.2 Å². The topological polar surface area (TPSA) is 48.7 Å². The van der Waals surface area contributed by atoms with Crippen LogP contribution in [0.25, 0.3) is 0 Å². The smallest absolute Gasteiger partial charge is 0.374 e. The molecule has 1 aromatic carbocycles. The first-order chi connectivity index (χ1) is 9.16. The molecular formula is C14H13BrO4. The van der Waals surface area contributed by atoms with Crippen molar-refractivity contribution in [2.24, 2.45) is 0 Å². The summed E-state index contributed by atoms with van der Waals surface area (Å²) in [5, 5.41) is 0. The van der Waals surface area contributed by atoms with Crippen LogP contribution in [0.4, 0.5) is 0 Å². The molecule has 19 heavy (non-hydrogen) atoms. The normalized spacial score (nSPS) is 10.2. The van der Waals surface area contributed by atoms with Gasteiger partial charge in [-0.15, -0.1) is 0 Å². The molecule has 0 aliphatic carbocycles. The highest BCUT2D eigenvalue weighted by Crippen LogP contribution is 2.20. The number of para-hydroxylation sites is 1. The number of halogens is 1. The number of hydrogen-bond donors (Lipinski definition) is 0. The lowest BCUT2D eigenvalue weighted by Crippen LogP contribution is -2.12. The minimum Gasteiger partial charge on any atom is -0.490 e. The summed E-state index contributed by atoms with van der Waals surface area (Å²) in [4.78, 5) is 11.7. The van der Waals surface area contributed by atoms with Crippen LogP contribution in [0, 0.1) is 6.92 Å². The zero-order chi connectivity index (χ0) is 13.7. The Labute approximate surface area is 119 Å². The van der Waals surface area contributed by atoms with Gasteiger partial charge >= 0.3 is 5.97 Å². The lowest BCUT2D eigenvalue weighted by atomic mass is 10.3. The molecule has 0 saturated carbocycles. The predicted molar refractivity (Wildman–Crippen MR) is 73.4 cm³/mol. The number of furan rings is 1. The monoisotopic (exact) mass is 324 g/mol. The highest BCUT2D eigenvalue weighted by molar-refractivity contribution is 9.10. The SMILES string of the molecule is Cc1cc(Br)oc1C(=O)OCCOc1ccccc1. The van der Waals surface area contributed by atoms with Gasteiger partial charge in [0.05, 0.1) is 0 Å². The van der Waals surface area contributed by atoms with E-state index in [-0.39, 0.29) is 12.4 Å². The lowest BCUT2D eigenvalue weighted by Gasteiger charge is -2.06. The van der Waals surface area contributed by atoms with Crippen LogP contribution in [0.5, 0.6) is 5.75 Å². The van der Waals surface area contributed by atoms with E-state index < -0.39 is 5.97 Å². The van der Waals surface area contributed by atoms with Gasteiger partial charge < -0.3 is 13.9 Å². The van der Waals surface area contributed by atoms with E-state index >= 15 is 0 Å². The van der Waals surface area contributed by atoms with Crippen LogP contribution in [0.1, 0.15) is 16.1 Å². The van der Waals surface area contributed by atoms with E-state index in [9.17, 15) is 4.79 Å². The minimum absolute atomic E-state index is 0.172. The maximum atomic E-state index is 11.7. The maximum absolute atomic E-state index is 11.7. The number of esters is 1. The Morgan fingerprint density at radius 3 is 2.63 bits per heavy atom. The molecule has 4 nitrogen and oxygen atoms in total. The summed E-state index contributed by atoms with van der Waals surface area (Å²) < 4.78 is 16.2. The van der Waals surface area contributed by atoms with E-state index in [1.807, 2.05) is 30.3 Å². The van der Waals surface area contributed by atoms with Gasteiger partial charge in [-0.2, -0.15) is 0 Å². The molecule has 1 aromatic heterocycles. The lowest BCUT2D eigenvalue weighted by molar-refractivity contribution is 0.0412. The van der Waals surface area contributed by atoms with Gasteiger partial charge in [0.25, 0.3) is 0 Å². The molecule has 5 heteroatoms. The molecule has 0 amide bonds. The number of hydrogen-bond acceptors (Lipinski definition) is 4. The Balaban J connectivity index is 1.77. The second-order valence-electron chi connectivity index (χ2n) is 3.86. The second-order valence-corrected chi connectivity index (χ2v) is 4.64. The molecule has 2 rings (SSSR count). The van der Waals surface area contributed by atoms with Crippen LogP contribution in [0.15, 0.2) is 45.5 Å². The Kier molecular flexibility index (Phi) is 4.63. The van der Waals surface area contributed by atoms with Gasteiger partial charge in [-0.25, -0.2) is 4.79 Å². The molecule has 0 aliphatic rings. The molecule has 1 heterocycles. The summed E-state index contributed by atoms with van der Waals surface area (Å²) in [5.41, 5.74) is 0.737. The Hall–Kier alpha value is -1.75. The van der Waals surface area contributed by atoms with Crippen LogP contribution >= 0.6 is 15.9 Å². The Morgan fingerprint density at radius 1 is 1.26 bits per heavy atom. The first-order valence-corrected chi connectivity index (χ1v) is 6.57. The molecule has 0 aliphatic heterocycles. The molecule has 2 aromatic rings. The van der Waals surface area contributed by atoms with Crippen molar-refractivity contribution >= 4 is 21.9 Å². The van der Waals surface area contributed by atoms with Gasteiger partial charge in [-0.1, -0.05) is 18.2 Å². The summed E-state index contributed by atoms with van der Waals surface area (Å²) >= 11 is 3.16. The van der Waals surface area contributed by atoms with Crippen LogP contribution in [0.2, 0.25) is 0 Å². The Morgan fingerprint density at radius 2 is 2.00 bits per heavy atom. The zero-order valence-corrected chi connectivity index (χ0v) is 12.0. The van der Waals surface area contributed by atoms with Gasteiger partial charge in [0, 0.05) is 5.56 Å². The standard InChI is InChI=1S/C14H13BrO4/c1-10-9-12(15)19-13(10)14(16)18-8-7-17-11-5-3-2-4-6-11/h2-6,9H,7-8H2,1H3. The van der Waals surface area contributed by atoms with Gasteiger partial charge in [-0.05, 0) is 41.1 Å². The maximum Gasteiger partial charge on any atom is 0.374 e. The highest BCUT2D eigenvalue weighted by Gasteiger charge is 2.16. The molecule has 0 atom stereocenters. The molecule has 0 spiro atoms. The fourth-order valence-electron chi connectivity index (χ4n) is 1.52. The number of rotatable bonds is 5. The second kappa shape index (κ2) is 6.43. The van der Waals surface area contributed by atoms with E-state index in [2.05, 4.69) is 15.9 Å². The van der Waals surface area contributed by atoms with Crippen LogP contribution in [0.3, 0.4) is 0 Å². The number of carbonyl (C=O) groups excluding carboxylic acids is 1. The third-order valence-corrected chi connectivity index (χ3v) is 2.79. The highest BCUT2D eigenvalue weighted by atomic mass is 79.9. The molecule has 100 valence electrons. The zero-order valence-electron chi connectivity index (χ0n) is 10.4. The number of benzene rings is 1. The van der Waals surface area contributed by atoms with Crippen molar-refractivity contribution < 1.29 is 18.7 Å². The fraction of sp³-hybridized carbons (Fsp3) is 0.214. The van der Waals surface area contributed by atoms with Crippen LogP contribution < -0.4 is 4.74 Å². The van der Waals surface area contributed by atoms with Crippen LogP contribution in [-0.2, 0) is 4.74 Å². The quantitative estimate of drug-likeness (QED) is 0.623. The number of aryl methyl sites for hydroxylation is 1. The minimum atomic E-state index is -0.486. The molecular weight excluding hydrogens is 312 g/mol. The van der Waals surface area contributed by atoms with E-state index in [0.29, 0.717) is 11.3 Å². The summed E-state index contributed by atoms with van der Waals surface area (Å²) in [7, 11) is 0. The Bertz CT molecular complexity index is 548.